The zero-order valence-corrected chi connectivity index (χ0v) is 16.8. The van der Waals surface area contributed by atoms with E-state index in [0.29, 0.717) is 41.2 Å². The summed E-state index contributed by atoms with van der Waals surface area (Å²) >= 11 is 0. The number of rotatable bonds is 9. The van der Waals surface area contributed by atoms with Gasteiger partial charge in [0.25, 0.3) is 0 Å². The van der Waals surface area contributed by atoms with Crippen molar-refractivity contribution in [2.45, 2.75) is 58.2 Å². The summed E-state index contributed by atoms with van der Waals surface area (Å²) < 4.78 is 40.0. The minimum atomic E-state index is -4.34. The Kier molecular flexibility index (Phi) is 7.04. The summed E-state index contributed by atoms with van der Waals surface area (Å²) in [6, 6.07) is 4.52. The van der Waals surface area contributed by atoms with Gasteiger partial charge in [-0.25, -0.2) is 0 Å². The van der Waals surface area contributed by atoms with Crippen LogP contribution in [-0.4, -0.2) is 17.6 Å². The minimum Gasteiger partial charge on any atom is -0.481 e. The number of hydrogen-bond donors (Lipinski definition) is 2. The van der Waals surface area contributed by atoms with Gasteiger partial charge in [0, 0.05) is 13.0 Å². The van der Waals surface area contributed by atoms with Crippen LogP contribution in [0, 0.1) is 30.6 Å². The summed E-state index contributed by atoms with van der Waals surface area (Å²) in [5.41, 5.74) is 0.363. The van der Waals surface area contributed by atoms with Crippen molar-refractivity contribution in [1.29, 1.82) is 0 Å². The van der Waals surface area contributed by atoms with E-state index in [9.17, 15) is 18.0 Å². The highest BCUT2D eigenvalue weighted by Gasteiger charge is 2.45. The number of benzene rings is 1. The summed E-state index contributed by atoms with van der Waals surface area (Å²) in [7, 11) is 0. The van der Waals surface area contributed by atoms with Gasteiger partial charge in [-0.05, 0) is 80.9 Å². The van der Waals surface area contributed by atoms with E-state index in [2.05, 4.69) is 17.5 Å². The fourth-order valence-electron chi connectivity index (χ4n) is 5.16. The molecular weight excluding hydrogens is 379 g/mol. The van der Waals surface area contributed by atoms with E-state index in [4.69, 9.17) is 5.11 Å². The van der Waals surface area contributed by atoms with Crippen molar-refractivity contribution in [3.63, 3.8) is 0 Å². The molecule has 0 aromatic heterocycles. The molecule has 0 saturated heterocycles. The highest BCUT2D eigenvalue weighted by Crippen LogP contribution is 2.52. The number of aliphatic carboxylic acids is 1. The fourth-order valence-corrected chi connectivity index (χ4v) is 5.16. The zero-order valence-electron chi connectivity index (χ0n) is 16.8. The van der Waals surface area contributed by atoms with Crippen LogP contribution in [-0.2, 0) is 17.5 Å². The second kappa shape index (κ2) is 9.33. The van der Waals surface area contributed by atoms with Gasteiger partial charge < -0.3 is 10.4 Å². The molecule has 4 atom stereocenters. The summed E-state index contributed by atoms with van der Waals surface area (Å²) in [6.07, 6.45) is 5.23. The Morgan fingerprint density at radius 1 is 1.28 bits per heavy atom. The molecule has 6 heteroatoms. The predicted octanol–water partition coefficient (Wildman–Crippen LogP) is 5.58. The first kappa shape index (κ1) is 21.9. The van der Waals surface area contributed by atoms with Crippen LogP contribution >= 0.6 is 0 Å². The second-order valence-corrected chi connectivity index (χ2v) is 8.58. The van der Waals surface area contributed by atoms with E-state index in [0.717, 1.165) is 13.0 Å². The fraction of sp³-hybridized carbons (Fsp3) is 0.609. The topological polar surface area (TPSA) is 49.3 Å². The summed E-state index contributed by atoms with van der Waals surface area (Å²) in [5, 5.41) is 12.0. The van der Waals surface area contributed by atoms with Crippen LogP contribution in [0.2, 0.25) is 0 Å². The first-order chi connectivity index (χ1) is 13.8. The molecule has 29 heavy (non-hydrogen) atoms. The number of nitrogens with one attached hydrogen (secondary N) is 1. The number of carboxylic acids is 1. The van der Waals surface area contributed by atoms with Gasteiger partial charge in [-0.1, -0.05) is 29.8 Å². The molecule has 0 unspecified atom stereocenters. The van der Waals surface area contributed by atoms with Crippen LogP contribution in [0.4, 0.5) is 13.2 Å². The highest BCUT2D eigenvalue weighted by atomic mass is 19.4. The van der Waals surface area contributed by atoms with Gasteiger partial charge in [0.2, 0.25) is 0 Å². The first-order valence-electron chi connectivity index (χ1n) is 10.5. The zero-order chi connectivity index (χ0) is 21.0. The van der Waals surface area contributed by atoms with Crippen molar-refractivity contribution in [1.82, 2.24) is 5.32 Å². The van der Waals surface area contributed by atoms with Crippen molar-refractivity contribution >= 4 is 5.97 Å². The number of halogens is 3. The van der Waals surface area contributed by atoms with E-state index >= 15 is 0 Å². The molecule has 1 aromatic carbocycles. The molecule has 2 N–H and O–H groups in total. The van der Waals surface area contributed by atoms with Crippen LogP contribution in [0.5, 0.6) is 0 Å². The van der Waals surface area contributed by atoms with Crippen molar-refractivity contribution < 1.29 is 23.1 Å². The van der Waals surface area contributed by atoms with Gasteiger partial charge in [-0.2, -0.15) is 13.2 Å². The van der Waals surface area contributed by atoms with Crippen LogP contribution in [0.1, 0.15) is 55.2 Å². The third-order valence-electron chi connectivity index (χ3n) is 6.54. The molecule has 2 fully saturated rings. The van der Waals surface area contributed by atoms with Crippen LogP contribution in [0.15, 0.2) is 30.4 Å². The van der Waals surface area contributed by atoms with E-state index < -0.39 is 17.7 Å². The highest BCUT2D eigenvalue weighted by molar-refractivity contribution is 5.66. The van der Waals surface area contributed by atoms with Crippen molar-refractivity contribution in [3.05, 3.63) is 47.0 Å². The van der Waals surface area contributed by atoms with Crippen molar-refractivity contribution in [3.8, 4) is 0 Å². The largest absolute Gasteiger partial charge is 0.481 e. The van der Waals surface area contributed by atoms with E-state index in [1.54, 1.807) is 19.1 Å². The number of carboxylic acid groups (broad SMARTS) is 1. The lowest BCUT2D eigenvalue weighted by Gasteiger charge is -2.29. The molecule has 0 radical (unpaired) electrons. The maximum atomic E-state index is 13.3. The third-order valence-corrected chi connectivity index (χ3v) is 6.54. The van der Waals surface area contributed by atoms with E-state index in [-0.39, 0.29) is 13.0 Å². The molecule has 160 valence electrons. The number of unbranched alkanes of at least 4 members (excludes halogenated alkanes) is 1. The number of fused-ring (bicyclic) bond motifs is 2. The van der Waals surface area contributed by atoms with Gasteiger partial charge >= 0.3 is 12.1 Å². The monoisotopic (exact) mass is 409 g/mol. The molecule has 0 aliphatic heterocycles. The Labute approximate surface area is 170 Å². The minimum absolute atomic E-state index is 0.185. The third kappa shape index (κ3) is 5.62. The predicted molar refractivity (Wildman–Crippen MR) is 106 cm³/mol. The lowest BCUT2D eigenvalue weighted by Crippen LogP contribution is -2.32. The molecule has 0 amide bonds. The molecule has 2 aliphatic rings. The van der Waals surface area contributed by atoms with Crippen molar-refractivity contribution in [2.75, 3.05) is 6.54 Å². The van der Waals surface area contributed by atoms with Gasteiger partial charge in [-0.15, -0.1) is 0 Å². The molecular formula is C23H30F3NO2. The lowest BCUT2D eigenvalue weighted by atomic mass is 9.79. The normalized spacial score (nSPS) is 26.5. The molecule has 2 saturated carbocycles. The first-order valence-corrected chi connectivity index (χ1v) is 10.5. The number of hydrogen-bond acceptors (Lipinski definition) is 2. The molecule has 0 spiro atoms. The average Bonchev–Trinajstić information content (AvgIpc) is 3.23. The van der Waals surface area contributed by atoms with Crippen LogP contribution in [0.3, 0.4) is 0 Å². The van der Waals surface area contributed by atoms with E-state index in [1.807, 2.05) is 0 Å². The van der Waals surface area contributed by atoms with Gasteiger partial charge in [0.05, 0.1) is 5.56 Å². The van der Waals surface area contributed by atoms with Gasteiger partial charge in [0.1, 0.15) is 0 Å². The number of carbonyl (C=O) groups is 1. The molecule has 2 bridgehead atoms. The molecule has 2 aliphatic carbocycles. The van der Waals surface area contributed by atoms with Crippen LogP contribution in [0.25, 0.3) is 0 Å². The van der Waals surface area contributed by atoms with Gasteiger partial charge in [0.15, 0.2) is 0 Å². The van der Waals surface area contributed by atoms with Gasteiger partial charge in [-0.3, -0.25) is 4.79 Å². The molecule has 0 heterocycles. The SMILES string of the molecule is Cc1ccc(CNC[C@H]2[C@@H]3CC[C@@H](C3)[C@@H]2/C=C\CCCC(=O)O)c(C(F)(F)F)c1. The molecule has 1 aromatic rings. The number of alkyl halides is 3. The lowest BCUT2D eigenvalue weighted by molar-refractivity contribution is -0.138. The Hall–Kier alpha value is -1.82. The number of aryl methyl sites for hydroxylation is 1. The quantitative estimate of drug-likeness (QED) is 0.414. The Morgan fingerprint density at radius 2 is 2.03 bits per heavy atom. The second-order valence-electron chi connectivity index (χ2n) is 8.58. The smallest absolute Gasteiger partial charge is 0.416 e. The Balaban J connectivity index is 1.57. The molecule has 3 nitrogen and oxygen atoms in total. The molecule has 3 rings (SSSR count). The van der Waals surface area contributed by atoms with E-state index in [1.165, 1.54) is 25.3 Å². The Bertz CT molecular complexity index is 744. The number of allylic oxidation sites excluding steroid dienone is 2. The summed E-state index contributed by atoms with van der Waals surface area (Å²) in [6.45, 7) is 2.61. The average molecular weight is 409 g/mol. The standard InChI is InChI=1S/C23H30F3NO2/c1-15-7-8-18(21(11-15)23(24,25)26)13-27-14-20-17-10-9-16(12-17)19(20)5-3-2-4-6-22(28)29/h3,5,7-8,11,16-17,19-20,27H,2,4,6,9-10,12-14H2,1H3,(H,28,29)/b5-3-/t16-,17+,19-,20-/m0/s1. The maximum absolute atomic E-state index is 13.3. The Morgan fingerprint density at radius 3 is 2.76 bits per heavy atom. The van der Waals surface area contributed by atoms with Crippen molar-refractivity contribution in [2.24, 2.45) is 23.7 Å². The summed E-state index contributed by atoms with van der Waals surface area (Å²) in [5.74, 6) is 1.43. The summed E-state index contributed by atoms with van der Waals surface area (Å²) in [4.78, 5) is 10.6. The maximum Gasteiger partial charge on any atom is 0.416 e. The van der Waals surface area contributed by atoms with Crippen LogP contribution < -0.4 is 5.32 Å².